The van der Waals surface area contributed by atoms with Crippen LogP contribution < -0.4 is 10.6 Å². The molecule has 0 bridgehead atoms. The van der Waals surface area contributed by atoms with Gasteiger partial charge in [0.1, 0.15) is 0 Å². The van der Waals surface area contributed by atoms with Gasteiger partial charge in [0, 0.05) is 29.2 Å². The molecule has 0 unspecified atom stereocenters. The molecular formula is C17H15N3O. The highest BCUT2D eigenvalue weighted by Gasteiger charge is 2.03. The fourth-order valence-electron chi connectivity index (χ4n) is 2.10. The highest BCUT2D eigenvalue weighted by atomic mass is 16.1. The lowest BCUT2D eigenvalue weighted by molar-refractivity contribution is -0.114. The van der Waals surface area contributed by atoms with Crippen molar-refractivity contribution in [1.29, 1.82) is 0 Å². The summed E-state index contributed by atoms with van der Waals surface area (Å²) in [5, 5.41) is 8.07. The van der Waals surface area contributed by atoms with Gasteiger partial charge in [-0.3, -0.25) is 9.78 Å². The summed E-state index contributed by atoms with van der Waals surface area (Å²) in [6.45, 7) is 0.235. The van der Waals surface area contributed by atoms with Gasteiger partial charge in [-0.05, 0) is 35.7 Å². The predicted molar refractivity (Wildman–Crippen MR) is 85.3 cm³/mol. The van der Waals surface area contributed by atoms with Crippen molar-refractivity contribution in [1.82, 2.24) is 4.98 Å². The van der Waals surface area contributed by atoms with E-state index in [1.807, 2.05) is 54.6 Å². The maximum Gasteiger partial charge on any atom is 0.243 e. The molecule has 4 nitrogen and oxygen atoms in total. The van der Waals surface area contributed by atoms with Crippen molar-refractivity contribution < 1.29 is 4.79 Å². The molecule has 0 fully saturated rings. The maximum atomic E-state index is 11.9. The first-order valence-corrected chi connectivity index (χ1v) is 6.74. The van der Waals surface area contributed by atoms with Gasteiger partial charge in [0.15, 0.2) is 0 Å². The van der Waals surface area contributed by atoms with Crippen molar-refractivity contribution in [3.05, 3.63) is 67.0 Å². The van der Waals surface area contributed by atoms with Gasteiger partial charge in [0.25, 0.3) is 0 Å². The molecule has 1 heterocycles. The Morgan fingerprint density at radius 1 is 0.952 bits per heavy atom. The number of aromatic nitrogens is 1. The fourth-order valence-corrected chi connectivity index (χ4v) is 2.10. The van der Waals surface area contributed by atoms with E-state index in [1.165, 1.54) is 0 Å². The molecule has 0 atom stereocenters. The average Bonchev–Trinajstić information content (AvgIpc) is 2.54. The Labute approximate surface area is 122 Å². The van der Waals surface area contributed by atoms with E-state index in [9.17, 15) is 4.79 Å². The fraction of sp³-hybridized carbons (Fsp3) is 0.0588. The number of carbonyl (C=O) groups excluding carboxylic acids is 1. The molecule has 0 spiro atoms. The standard InChI is InChI=1S/C17H15N3O/c21-17(12-19-15-4-2-1-3-5-15)20-16-7-6-14-11-18-9-8-13(14)10-16/h1-11,19H,12H2,(H,20,21). The number of anilines is 2. The molecule has 0 aliphatic rings. The number of pyridine rings is 1. The minimum absolute atomic E-state index is 0.0766. The summed E-state index contributed by atoms with van der Waals surface area (Å²) >= 11 is 0. The maximum absolute atomic E-state index is 11.9. The lowest BCUT2D eigenvalue weighted by Crippen LogP contribution is -2.21. The number of hydrogen-bond donors (Lipinski definition) is 2. The van der Waals surface area contributed by atoms with Crippen molar-refractivity contribution in [2.45, 2.75) is 0 Å². The summed E-state index contributed by atoms with van der Waals surface area (Å²) < 4.78 is 0. The number of amides is 1. The molecule has 21 heavy (non-hydrogen) atoms. The average molecular weight is 277 g/mol. The van der Waals surface area contributed by atoms with Crippen LogP contribution in [0.2, 0.25) is 0 Å². The van der Waals surface area contributed by atoms with E-state index in [0.29, 0.717) is 0 Å². The number of rotatable bonds is 4. The molecule has 1 amide bonds. The summed E-state index contributed by atoms with van der Waals surface area (Å²) in [4.78, 5) is 16.0. The number of benzene rings is 2. The normalized spacial score (nSPS) is 10.3. The summed E-state index contributed by atoms with van der Waals surface area (Å²) in [5.41, 5.74) is 1.71. The third kappa shape index (κ3) is 3.36. The minimum atomic E-state index is -0.0766. The zero-order valence-corrected chi connectivity index (χ0v) is 11.4. The predicted octanol–water partition coefficient (Wildman–Crippen LogP) is 3.29. The van der Waals surface area contributed by atoms with Crippen molar-refractivity contribution in [3.8, 4) is 0 Å². The van der Waals surface area contributed by atoms with E-state index in [2.05, 4.69) is 15.6 Å². The number of fused-ring (bicyclic) bond motifs is 1. The molecule has 3 aromatic rings. The Kier molecular flexibility index (Phi) is 3.78. The number of carbonyl (C=O) groups is 1. The molecule has 0 radical (unpaired) electrons. The number of nitrogens with zero attached hydrogens (tertiary/aromatic N) is 1. The zero-order valence-electron chi connectivity index (χ0n) is 11.4. The molecule has 2 N–H and O–H groups in total. The molecule has 3 rings (SSSR count). The van der Waals surface area contributed by atoms with Crippen LogP contribution in [0.3, 0.4) is 0 Å². The van der Waals surface area contributed by atoms with Gasteiger partial charge in [-0.1, -0.05) is 24.3 Å². The Hall–Kier alpha value is -2.88. The summed E-state index contributed by atoms with van der Waals surface area (Å²) in [5.74, 6) is -0.0766. The topological polar surface area (TPSA) is 54.0 Å². The first-order valence-electron chi connectivity index (χ1n) is 6.74. The SMILES string of the molecule is O=C(CNc1ccccc1)Nc1ccc2cnccc2c1. The summed E-state index contributed by atoms with van der Waals surface area (Å²) in [7, 11) is 0. The van der Waals surface area contributed by atoms with Crippen LogP contribution in [0.4, 0.5) is 11.4 Å². The Balaban J connectivity index is 1.63. The molecule has 0 saturated heterocycles. The second kappa shape index (κ2) is 6.05. The lowest BCUT2D eigenvalue weighted by atomic mass is 10.1. The molecule has 1 aromatic heterocycles. The quantitative estimate of drug-likeness (QED) is 0.769. The molecule has 0 aliphatic carbocycles. The van der Waals surface area contributed by atoms with Crippen LogP contribution in [0.5, 0.6) is 0 Å². The van der Waals surface area contributed by atoms with Gasteiger partial charge < -0.3 is 10.6 Å². The van der Waals surface area contributed by atoms with Crippen molar-refractivity contribution in [2.24, 2.45) is 0 Å². The van der Waals surface area contributed by atoms with E-state index < -0.39 is 0 Å². The van der Waals surface area contributed by atoms with Gasteiger partial charge >= 0.3 is 0 Å². The van der Waals surface area contributed by atoms with Gasteiger partial charge in [0.05, 0.1) is 6.54 Å². The van der Waals surface area contributed by atoms with E-state index in [4.69, 9.17) is 0 Å². The largest absolute Gasteiger partial charge is 0.376 e. The Bertz CT molecular complexity index is 756. The minimum Gasteiger partial charge on any atom is -0.376 e. The number of nitrogens with one attached hydrogen (secondary N) is 2. The van der Waals surface area contributed by atoms with Gasteiger partial charge in [-0.15, -0.1) is 0 Å². The third-order valence-electron chi connectivity index (χ3n) is 3.15. The molecule has 104 valence electrons. The molecular weight excluding hydrogens is 262 g/mol. The first-order chi connectivity index (χ1) is 10.3. The van der Waals surface area contributed by atoms with E-state index in [1.54, 1.807) is 12.4 Å². The summed E-state index contributed by atoms with van der Waals surface area (Å²) in [6, 6.07) is 17.3. The van der Waals surface area contributed by atoms with Crippen LogP contribution in [0.25, 0.3) is 10.8 Å². The van der Waals surface area contributed by atoms with E-state index >= 15 is 0 Å². The van der Waals surface area contributed by atoms with Crippen LogP contribution >= 0.6 is 0 Å². The molecule has 2 aromatic carbocycles. The van der Waals surface area contributed by atoms with Crippen LogP contribution in [-0.2, 0) is 4.79 Å². The Morgan fingerprint density at radius 3 is 2.67 bits per heavy atom. The van der Waals surface area contributed by atoms with Gasteiger partial charge in [-0.2, -0.15) is 0 Å². The smallest absolute Gasteiger partial charge is 0.243 e. The highest BCUT2D eigenvalue weighted by Crippen LogP contribution is 2.17. The first kappa shape index (κ1) is 13.1. The van der Waals surface area contributed by atoms with E-state index in [-0.39, 0.29) is 12.5 Å². The van der Waals surface area contributed by atoms with Crippen molar-refractivity contribution in [3.63, 3.8) is 0 Å². The second-order valence-electron chi connectivity index (χ2n) is 4.71. The molecule has 0 aliphatic heterocycles. The summed E-state index contributed by atoms with van der Waals surface area (Å²) in [6.07, 6.45) is 3.54. The van der Waals surface area contributed by atoms with Crippen LogP contribution in [-0.4, -0.2) is 17.4 Å². The lowest BCUT2D eigenvalue weighted by Gasteiger charge is -2.08. The van der Waals surface area contributed by atoms with Crippen LogP contribution in [0.1, 0.15) is 0 Å². The highest BCUT2D eigenvalue weighted by molar-refractivity contribution is 5.96. The number of hydrogen-bond acceptors (Lipinski definition) is 3. The molecule has 0 saturated carbocycles. The monoisotopic (exact) mass is 277 g/mol. The van der Waals surface area contributed by atoms with Gasteiger partial charge in [0.2, 0.25) is 5.91 Å². The Morgan fingerprint density at radius 2 is 1.81 bits per heavy atom. The third-order valence-corrected chi connectivity index (χ3v) is 3.15. The van der Waals surface area contributed by atoms with Gasteiger partial charge in [-0.25, -0.2) is 0 Å². The second-order valence-corrected chi connectivity index (χ2v) is 4.71. The van der Waals surface area contributed by atoms with Crippen LogP contribution in [0, 0.1) is 0 Å². The number of para-hydroxylation sites is 1. The zero-order chi connectivity index (χ0) is 14.5. The van der Waals surface area contributed by atoms with E-state index in [0.717, 1.165) is 22.1 Å². The van der Waals surface area contributed by atoms with Crippen molar-refractivity contribution in [2.75, 3.05) is 17.2 Å². The molecule has 4 heteroatoms. The van der Waals surface area contributed by atoms with Crippen molar-refractivity contribution >= 4 is 28.1 Å². The van der Waals surface area contributed by atoms with Crippen LogP contribution in [0.15, 0.2) is 67.0 Å².